The maximum atomic E-state index is 13.9. The van der Waals surface area contributed by atoms with Gasteiger partial charge in [-0.25, -0.2) is 18.0 Å². The lowest BCUT2D eigenvalue weighted by Crippen LogP contribution is -2.49. The lowest BCUT2D eigenvalue weighted by atomic mass is 10.1. The molecule has 0 radical (unpaired) electrons. The molecule has 0 spiro atoms. The summed E-state index contributed by atoms with van der Waals surface area (Å²) < 4.78 is 45.6. The fourth-order valence-corrected chi connectivity index (χ4v) is 3.09. The minimum atomic E-state index is -1.37. The Bertz CT molecular complexity index is 774. The normalized spacial score (nSPS) is 18.8. The number of halogens is 3. The molecule has 2 rings (SSSR count). The Hall–Kier alpha value is -2.62. The van der Waals surface area contributed by atoms with E-state index in [1.54, 1.807) is 0 Å². The summed E-state index contributed by atoms with van der Waals surface area (Å²) in [5.41, 5.74) is -0.338. The molecule has 0 aromatic heterocycles. The first-order valence-corrected chi connectivity index (χ1v) is 8.61. The third kappa shape index (κ3) is 5.00. The van der Waals surface area contributed by atoms with Crippen molar-refractivity contribution in [1.82, 2.24) is 10.2 Å². The highest BCUT2D eigenvalue weighted by Gasteiger charge is 2.35. The standard InChI is InChI=1S/C18H21F3N2O5/c1-9(28-2)17(18(26)27)22-14(24)7-12-3-4-15(25)23(12)8-10-5-11(19)6-13(20)16(10)21/h5-6,9,12,17H,3-4,7-8H2,1-2H3,(H,22,24)(H,26,27)/t9-,12+,17+/m1/s1. The third-order valence-corrected chi connectivity index (χ3v) is 4.71. The maximum absolute atomic E-state index is 13.9. The molecule has 0 bridgehead atoms. The van der Waals surface area contributed by atoms with Crippen molar-refractivity contribution in [1.29, 1.82) is 0 Å². The van der Waals surface area contributed by atoms with Crippen molar-refractivity contribution in [3.8, 4) is 0 Å². The zero-order chi connectivity index (χ0) is 21.0. The second-order valence-corrected chi connectivity index (χ2v) is 6.60. The molecule has 1 aromatic rings. The summed E-state index contributed by atoms with van der Waals surface area (Å²) in [6, 6.07) is -0.733. The fraction of sp³-hybridized carbons (Fsp3) is 0.500. The monoisotopic (exact) mass is 402 g/mol. The minimum absolute atomic E-state index is 0.0915. The molecule has 2 amide bonds. The molecule has 0 saturated carbocycles. The molecule has 0 aliphatic carbocycles. The van der Waals surface area contributed by atoms with Crippen LogP contribution < -0.4 is 5.32 Å². The molecule has 154 valence electrons. The van der Waals surface area contributed by atoms with Gasteiger partial charge in [0, 0.05) is 44.2 Å². The van der Waals surface area contributed by atoms with E-state index >= 15 is 0 Å². The number of hydrogen-bond donors (Lipinski definition) is 2. The van der Waals surface area contributed by atoms with Gasteiger partial charge in [0.2, 0.25) is 11.8 Å². The Morgan fingerprint density at radius 3 is 2.64 bits per heavy atom. The zero-order valence-corrected chi connectivity index (χ0v) is 15.4. The highest BCUT2D eigenvalue weighted by molar-refractivity contribution is 5.85. The highest BCUT2D eigenvalue weighted by atomic mass is 19.2. The van der Waals surface area contributed by atoms with Crippen LogP contribution in [0.1, 0.15) is 31.7 Å². The van der Waals surface area contributed by atoms with E-state index in [0.717, 1.165) is 6.07 Å². The largest absolute Gasteiger partial charge is 0.480 e. The molecule has 1 saturated heterocycles. The van der Waals surface area contributed by atoms with Crippen molar-refractivity contribution in [3.05, 3.63) is 35.1 Å². The molecular weight excluding hydrogens is 381 g/mol. The molecular formula is C18H21F3N2O5. The number of carboxylic acids is 1. The lowest BCUT2D eigenvalue weighted by Gasteiger charge is -2.26. The van der Waals surface area contributed by atoms with E-state index in [0.29, 0.717) is 6.07 Å². The quantitative estimate of drug-likeness (QED) is 0.644. The number of carbonyl (C=O) groups is 3. The first-order valence-electron chi connectivity index (χ1n) is 8.61. The fourth-order valence-electron chi connectivity index (χ4n) is 3.09. The number of ether oxygens (including phenoxy) is 1. The van der Waals surface area contributed by atoms with Gasteiger partial charge >= 0.3 is 5.97 Å². The highest BCUT2D eigenvalue weighted by Crippen LogP contribution is 2.26. The average Bonchev–Trinajstić information content (AvgIpc) is 2.96. The topological polar surface area (TPSA) is 95.9 Å². The summed E-state index contributed by atoms with van der Waals surface area (Å²) in [6.07, 6.45) is -0.643. The number of carboxylic acid groups (broad SMARTS) is 1. The molecule has 2 N–H and O–H groups in total. The van der Waals surface area contributed by atoms with Gasteiger partial charge in [0.25, 0.3) is 0 Å². The van der Waals surface area contributed by atoms with Crippen LogP contribution in [0.5, 0.6) is 0 Å². The number of benzene rings is 1. The van der Waals surface area contributed by atoms with E-state index < -0.39 is 54.1 Å². The van der Waals surface area contributed by atoms with Crippen LogP contribution in [0.15, 0.2) is 12.1 Å². The van der Waals surface area contributed by atoms with E-state index in [2.05, 4.69) is 5.32 Å². The number of nitrogens with zero attached hydrogens (tertiary/aromatic N) is 1. The second kappa shape index (κ2) is 9.05. The molecule has 1 heterocycles. The van der Waals surface area contributed by atoms with E-state index in [9.17, 15) is 32.7 Å². The van der Waals surface area contributed by atoms with E-state index in [4.69, 9.17) is 4.74 Å². The average molecular weight is 402 g/mol. The minimum Gasteiger partial charge on any atom is -0.480 e. The van der Waals surface area contributed by atoms with Gasteiger partial charge in [0.1, 0.15) is 5.82 Å². The van der Waals surface area contributed by atoms with Crippen LogP contribution in [-0.4, -0.2) is 53.1 Å². The van der Waals surface area contributed by atoms with Gasteiger partial charge in [0.15, 0.2) is 17.7 Å². The lowest BCUT2D eigenvalue weighted by molar-refractivity contribution is -0.145. The SMILES string of the molecule is CO[C@H](C)[C@H](NC(=O)C[C@@H]1CCC(=O)N1Cc1cc(F)cc(F)c1F)C(=O)O. The smallest absolute Gasteiger partial charge is 0.328 e. The first-order chi connectivity index (χ1) is 13.1. The van der Waals surface area contributed by atoms with Gasteiger partial charge in [-0.05, 0) is 19.4 Å². The molecule has 28 heavy (non-hydrogen) atoms. The number of likely N-dealkylation sites (tertiary alicyclic amines) is 1. The van der Waals surface area contributed by atoms with Crippen LogP contribution in [0.2, 0.25) is 0 Å². The van der Waals surface area contributed by atoms with Crippen molar-refractivity contribution < 1.29 is 37.4 Å². The van der Waals surface area contributed by atoms with Gasteiger partial charge < -0.3 is 20.1 Å². The molecule has 3 atom stereocenters. The third-order valence-electron chi connectivity index (χ3n) is 4.71. The Balaban J connectivity index is 2.10. The Morgan fingerprint density at radius 1 is 1.36 bits per heavy atom. The molecule has 1 fully saturated rings. The number of methoxy groups -OCH3 is 1. The van der Waals surface area contributed by atoms with Crippen molar-refractivity contribution in [2.75, 3.05) is 7.11 Å². The van der Waals surface area contributed by atoms with Crippen LogP contribution in [0.4, 0.5) is 13.2 Å². The molecule has 1 aliphatic rings. The predicted molar refractivity (Wildman–Crippen MR) is 90.5 cm³/mol. The van der Waals surface area contributed by atoms with Crippen LogP contribution in [0.3, 0.4) is 0 Å². The summed E-state index contributed by atoms with van der Waals surface area (Å²) in [4.78, 5) is 36.8. The van der Waals surface area contributed by atoms with Gasteiger partial charge in [-0.15, -0.1) is 0 Å². The van der Waals surface area contributed by atoms with E-state index in [1.165, 1.54) is 18.9 Å². The van der Waals surface area contributed by atoms with Crippen LogP contribution >= 0.6 is 0 Å². The zero-order valence-electron chi connectivity index (χ0n) is 15.4. The Labute approximate surface area is 159 Å². The summed E-state index contributed by atoms with van der Waals surface area (Å²) >= 11 is 0. The van der Waals surface area contributed by atoms with Crippen molar-refractivity contribution >= 4 is 17.8 Å². The first kappa shape index (κ1) is 21.7. The summed E-state index contributed by atoms with van der Waals surface area (Å²) in [6.45, 7) is 1.08. The number of amides is 2. The van der Waals surface area contributed by atoms with Crippen LogP contribution in [0, 0.1) is 17.5 Å². The summed E-state index contributed by atoms with van der Waals surface area (Å²) in [5, 5.41) is 11.5. The molecule has 0 unspecified atom stereocenters. The molecule has 1 aromatic carbocycles. The number of rotatable bonds is 8. The second-order valence-electron chi connectivity index (χ2n) is 6.60. The van der Waals surface area contributed by atoms with Crippen molar-refractivity contribution in [2.24, 2.45) is 0 Å². The number of hydrogen-bond acceptors (Lipinski definition) is 4. The maximum Gasteiger partial charge on any atom is 0.328 e. The summed E-state index contributed by atoms with van der Waals surface area (Å²) in [5.74, 6) is -5.90. The number of aliphatic carboxylic acids is 1. The number of nitrogens with one attached hydrogen (secondary N) is 1. The number of carbonyl (C=O) groups excluding carboxylic acids is 2. The molecule has 7 nitrogen and oxygen atoms in total. The van der Waals surface area contributed by atoms with Crippen LogP contribution in [0.25, 0.3) is 0 Å². The Kier molecular flexibility index (Phi) is 7.00. The van der Waals surface area contributed by atoms with Gasteiger partial charge in [0.05, 0.1) is 6.10 Å². The van der Waals surface area contributed by atoms with Crippen molar-refractivity contribution in [2.45, 2.75) is 50.9 Å². The molecule has 1 aliphatic heterocycles. The van der Waals surface area contributed by atoms with Crippen LogP contribution in [-0.2, 0) is 25.7 Å². The summed E-state index contributed by atoms with van der Waals surface area (Å²) in [7, 11) is 1.30. The van der Waals surface area contributed by atoms with Gasteiger partial charge in [-0.2, -0.15) is 0 Å². The van der Waals surface area contributed by atoms with Gasteiger partial charge in [-0.1, -0.05) is 0 Å². The van der Waals surface area contributed by atoms with Gasteiger partial charge in [-0.3, -0.25) is 9.59 Å². The predicted octanol–water partition coefficient (Wildman–Crippen LogP) is 1.59. The Morgan fingerprint density at radius 2 is 2.04 bits per heavy atom. The van der Waals surface area contributed by atoms with E-state index in [-0.39, 0.29) is 30.7 Å². The van der Waals surface area contributed by atoms with E-state index in [1.807, 2.05) is 0 Å². The van der Waals surface area contributed by atoms with Crippen molar-refractivity contribution in [3.63, 3.8) is 0 Å². The molecule has 10 heteroatoms.